The molecule has 2 heterocycles. The highest BCUT2D eigenvalue weighted by Crippen LogP contribution is 2.53. The highest BCUT2D eigenvalue weighted by molar-refractivity contribution is 7.85. The molecule has 2 saturated heterocycles. The van der Waals surface area contributed by atoms with Crippen molar-refractivity contribution in [1.29, 1.82) is 0 Å². The predicted octanol–water partition coefficient (Wildman–Crippen LogP) is 3.87. The zero-order valence-electron chi connectivity index (χ0n) is 17.4. The quantitative estimate of drug-likeness (QED) is 0.502. The molecule has 11 heteroatoms. The SMILES string of the molecule is CC(C)(C)C1(Oc2cc(C(=O)OCCS(=O)(=O)O)ccc2C(F)(F)F)CC2CCC1O2. The van der Waals surface area contributed by atoms with E-state index in [-0.39, 0.29) is 17.8 Å². The van der Waals surface area contributed by atoms with Gasteiger partial charge >= 0.3 is 12.1 Å². The summed E-state index contributed by atoms with van der Waals surface area (Å²) in [5.74, 6) is -2.37. The summed E-state index contributed by atoms with van der Waals surface area (Å²) < 4.78 is 88.0. The van der Waals surface area contributed by atoms with Crippen molar-refractivity contribution in [2.75, 3.05) is 12.4 Å². The minimum absolute atomic E-state index is 0.0906. The fourth-order valence-electron chi connectivity index (χ4n) is 4.21. The molecule has 1 N–H and O–H groups in total. The highest BCUT2D eigenvalue weighted by atomic mass is 32.2. The fourth-order valence-corrected chi connectivity index (χ4v) is 4.50. The summed E-state index contributed by atoms with van der Waals surface area (Å²) in [6.45, 7) is 4.98. The predicted molar refractivity (Wildman–Crippen MR) is 103 cm³/mol. The Morgan fingerprint density at radius 1 is 1.26 bits per heavy atom. The van der Waals surface area contributed by atoms with Crippen molar-refractivity contribution in [3.63, 3.8) is 0 Å². The molecule has 3 rings (SSSR count). The van der Waals surface area contributed by atoms with Crippen LogP contribution in [0.5, 0.6) is 5.75 Å². The standard InChI is InChI=1S/C20H25F3O7S/c1-18(2,3)19(11-13-5-7-16(19)29-13)30-15-10-12(4-6-14(15)20(21,22)23)17(24)28-8-9-31(25,26)27/h4,6,10,13,16H,5,7-9,11H2,1-3H3,(H,25,26,27). The van der Waals surface area contributed by atoms with Crippen LogP contribution in [-0.2, 0) is 25.8 Å². The van der Waals surface area contributed by atoms with Crippen molar-refractivity contribution in [3.8, 4) is 5.75 Å². The van der Waals surface area contributed by atoms with E-state index in [9.17, 15) is 26.4 Å². The van der Waals surface area contributed by atoms with E-state index in [2.05, 4.69) is 0 Å². The second kappa shape index (κ2) is 7.93. The van der Waals surface area contributed by atoms with E-state index in [1.807, 2.05) is 20.8 Å². The number of carbonyl (C=O) groups is 1. The van der Waals surface area contributed by atoms with Gasteiger partial charge in [0.25, 0.3) is 10.1 Å². The van der Waals surface area contributed by atoms with Gasteiger partial charge in [0, 0.05) is 11.8 Å². The molecule has 1 aromatic carbocycles. The number of rotatable bonds is 6. The molecule has 31 heavy (non-hydrogen) atoms. The average molecular weight is 466 g/mol. The number of alkyl halides is 3. The molecular weight excluding hydrogens is 441 g/mol. The van der Waals surface area contributed by atoms with Crippen molar-refractivity contribution < 1.29 is 45.1 Å². The maximum atomic E-state index is 13.7. The summed E-state index contributed by atoms with van der Waals surface area (Å²) in [6.07, 6.45) is -3.27. The van der Waals surface area contributed by atoms with Gasteiger partial charge in [0.2, 0.25) is 0 Å². The average Bonchev–Trinajstić information content (AvgIpc) is 3.20. The molecule has 2 aliphatic rings. The number of carbonyl (C=O) groups excluding carboxylic acids is 1. The van der Waals surface area contributed by atoms with Crippen molar-refractivity contribution in [3.05, 3.63) is 29.3 Å². The lowest BCUT2D eigenvalue weighted by Gasteiger charge is -2.46. The molecule has 2 fully saturated rings. The van der Waals surface area contributed by atoms with Gasteiger partial charge in [0.1, 0.15) is 23.7 Å². The van der Waals surface area contributed by atoms with Crippen LogP contribution in [0.25, 0.3) is 0 Å². The van der Waals surface area contributed by atoms with Gasteiger partial charge in [-0.25, -0.2) is 4.79 Å². The van der Waals surface area contributed by atoms with E-state index in [0.717, 1.165) is 24.6 Å². The second-order valence-electron chi connectivity index (χ2n) is 8.90. The Kier molecular flexibility index (Phi) is 6.09. The number of fused-ring (bicyclic) bond motifs is 2. The van der Waals surface area contributed by atoms with Gasteiger partial charge in [-0.1, -0.05) is 20.8 Å². The highest BCUT2D eigenvalue weighted by Gasteiger charge is 2.60. The zero-order chi connectivity index (χ0) is 23.2. The van der Waals surface area contributed by atoms with Crippen molar-refractivity contribution in [2.24, 2.45) is 5.41 Å². The largest absolute Gasteiger partial charge is 0.483 e. The van der Waals surface area contributed by atoms with Gasteiger partial charge in [0.15, 0.2) is 0 Å². The topological polar surface area (TPSA) is 99.1 Å². The van der Waals surface area contributed by atoms with Crippen LogP contribution >= 0.6 is 0 Å². The number of benzene rings is 1. The van der Waals surface area contributed by atoms with Gasteiger partial charge in [0.05, 0.1) is 23.3 Å². The van der Waals surface area contributed by atoms with Gasteiger partial charge in [-0.3, -0.25) is 4.55 Å². The molecule has 7 nitrogen and oxygen atoms in total. The maximum absolute atomic E-state index is 13.7. The Labute approximate surface area is 178 Å². The van der Waals surface area contributed by atoms with Crippen LogP contribution in [0.3, 0.4) is 0 Å². The van der Waals surface area contributed by atoms with E-state index in [4.69, 9.17) is 18.8 Å². The van der Waals surface area contributed by atoms with Crippen LogP contribution in [0.2, 0.25) is 0 Å². The first-order valence-corrected chi connectivity index (χ1v) is 11.4. The summed E-state index contributed by atoms with van der Waals surface area (Å²) in [5.41, 5.74) is -2.83. The van der Waals surface area contributed by atoms with Gasteiger partial charge in [-0.05, 0) is 31.0 Å². The van der Waals surface area contributed by atoms with E-state index < -0.39 is 57.0 Å². The third kappa shape index (κ3) is 4.98. The number of hydrogen-bond donors (Lipinski definition) is 1. The lowest BCUT2D eigenvalue weighted by molar-refractivity contribution is -0.143. The summed E-state index contributed by atoms with van der Waals surface area (Å²) in [6, 6.07) is 2.63. The number of esters is 1. The lowest BCUT2D eigenvalue weighted by atomic mass is 9.68. The van der Waals surface area contributed by atoms with Crippen LogP contribution in [0.1, 0.15) is 56.0 Å². The summed E-state index contributed by atoms with van der Waals surface area (Å²) in [7, 11) is -4.35. The molecule has 3 unspecified atom stereocenters. The molecule has 0 radical (unpaired) electrons. The number of ether oxygens (including phenoxy) is 3. The van der Waals surface area contributed by atoms with E-state index in [0.29, 0.717) is 12.8 Å². The minimum Gasteiger partial charge on any atom is -0.483 e. The summed E-state index contributed by atoms with van der Waals surface area (Å²) >= 11 is 0. The molecule has 0 aliphatic carbocycles. The number of halogens is 3. The Morgan fingerprint density at radius 3 is 2.42 bits per heavy atom. The zero-order valence-corrected chi connectivity index (χ0v) is 18.2. The molecule has 0 aromatic heterocycles. The molecule has 0 amide bonds. The van der Waals surface area contributed by atoms with Crippen molar-refractivity contribution >= 4 is 16.1 Å². The molecule has 3 atom stereocenters. The monoisotopic (exact) mass is 466 g/mol. The van der Waals surface area contributed by atoms with E-state index >= 15 is 0 Å². The first-order valence-electron chi connectivity index (χ1n) is 9.80. The molecule has 0 saturated carbocycles. The normalized spacial score (nSPS) is 26.2. The third-order valence-corrected chi connectivity index (χ3v) is 6.50. The van der Waals surface area contributed by atoms with Crippen LogP contribution in [0, 0.1) is 5.41 Å². The first kappa shape index (κ1) is 23.8. The first-order chi connectivity index (χ1) is 14.1. The van der Waals surface area contributed by atoms with Crippen LogP contribution in [-0.4, -0.2) is 49.1 Å². The maximum Gasteiger partial charge on any atom is 0.419 e. The van der Waals surface area contributed by atoms with Crippen molar-refractivity contribution in [2.45, 2.75) is 64.0 Å². The summed E-state index contributed by atoms with van der Waals surface area (Å²) in [4.78, 5) is 12.2. The van der Waals surface area contributed by atoms with E-state index in [1.165, 1.54) is 0 Å². The Bertz CT molecular complexity index is 953. The Morgan fingerprint density at radius 2 is 1.94 bits per heavy atom. The molecule has 2 aliphatic heterocycles. The van der Waals surface area contributed by atoms with Gasteiger partial charge in [-0.2, -0.15) is 21.6 Å². The van der Waals surface area contributed by atoms with Crippen molar-refractivity contribution in [1.82, 2.24) is 0 Å². The van der Waals surface area contributed by atoms with Crippen LogP contribution in [0.15, 0.2) is 18.2 Å². The molecular formula is C20H25F3O7S. The molecule has 0 spiro atoms. The molecule has 1 aromatic rings. The van der Waals surface area contributed by atoms with E-state index in [1.54, 1.807) is 0 Å². The lowest BCUT2D eigenvalue weighted by Crippen LogP contribution is -2.55. The van der Waals surface area contributed by atoms with Crippen LogP contribution in [0.4, 0.5) is 13.2 Å². The molecule has 174 valence electrons. The fraction of sp³-hybridized carbons (Fsp3) is 0.650. The smallest absolute Gasteiger partial charge is 0.419 e. The van der Waals surface area contributed by atoms with Gasteiger partial charge in [-0.15, -0.1) is 0 Å². The second-order valence-corrected chi connectivity index (χ2v) is 10.5. The van der Waals surface area contributed by atoms with Gasteiger partial charge < -0.3 is 14.2 Å². The molecule has 2 bridgehead atoms. The summed E-state index contributed by atoms with van der Waals surface area (Å²) in [5, 5.41) is 0. The Balaban J connectivity index is 1.94. The third-order valence-electron chi connectivity index (χ3n) is 5.82. The van der Waals surface area contributed by atoms with Crippen LogP contribution < -0.4 is 4.74 Å². The minimum atomic E-state index is -4.72. The Hall–Kier alpha value is -1.85. The number of hydrogen-bond acceptors (Lipinski definition) is 6.